The molecule has 0 heterocycles. The zero-order valence-electron chi connectivity index (χ0n) is 11.7. The minimum Gasteiger partial charge on any atom is -0.310 e. The summed E-state index contributed by atoms with van der Waals surface area (Å²) in [4.78, 5) is 0. The van der Waals surface area contributed by atoms with Gasteiger partial charge in [-0.2, -0.15) is 0 Å². The molecule has 1 nitrogen and oxygen atoms in total. The topological polar surface area (TPSA) is 12.0 Å². The monoisotopic (exact) mass is 251 g/mol. The molecule has 0 aliphatic carbocycles. The van der Waals surface area contributed by atoms with Gasteiger partial charge in [-0.15, -0.1) is 0 Å². The molecule has 0 aromatic heterocycles. The lowest BCUT2D eigenvalue weighted by atomic mass is 10.00. The molecule has 1 atom stereocenters. The minimum absolute atomic E-state index is 0.154. The molecule has 2 heteroatoms. The molecule has 0 aliphatic rings. The Kier molecular flexibility index (Phi) is 7.66. The van der Waals surface area contributed by atoms with Crippen LogP contribution < -0.4 is 5.32 Å². The molecule has 102 valence electrons. The van der Waals surface area contributed by atoms with Crippen molar-refractivity contribution in [3.05, 3.63) is 35.6 Å². The van der Waals surface area contributed by atoms with Gasteiger partial charge in [0, 0.05) is 6.04 Å². The molecule has 0 amide bonds. The van der Waals surface area contributed by atoms with E-state index in [-0.39, 0.29) is 5.82 Å². The van der Waals surface area contributed by atoms with Gasteiger partial charge in [0.25, 0.3) is 0 Å². The van der Waals surface area contributed by atoms with Gasteiger partial charge in [0.05, 0.1) is 0 Å². The first-order valence-corrected chi connectivity index (χ1v) is 7.26. The van der Waals surface area contributed by atoms with Crippen molar-refractivity contribution in [2.45, 2.75) is 58.4 Å². The fourth-order valence-electron chi connectivity index (χ4n) is 2.18. The summed E-state index contributed by atoms with van der Waals surface area (Å²) in [5.74, 6) is -0.154. The molecule has 18 heavy (non-hydrogen) atoms. The van der Waals surface area contributed by atoms with Crippen LogP contribution in [0.4, 0.5) is 4.39 Å². The minimum atomic E-state index is -0.154. The van der Waals surface area contributed by atoms with Gasteiger partial charge in [0.1, 0.15) is 5.82 Å². The Morgan fingerprint density at radius 2 is 1.72 bits per heavy atom. The summed E-state index contributed by atoms with van der Waals surface area (Å²) in [7, 11) is 0. The molecule has 1 N–H and O–H groups in total. The summed E-state index contributed by atoms with van der Waals surface area (Å²) in [5, 5.41) is 3.56. The molecule has 0 fully saturated rings. The van der Waals surface area contributed by atoms with Gasteiger partial charge < -0.3 is 5.32 Å². The molecule has 0 spiro atoms. The lowest BCUT2D eigenvalue weighted by Gasteiger charge is -2.19. The number of hydrogen-bond donors (Lipinski definition) is 1. The molecular formula is C16H26FN. The van der Waals surface area contributed by atoms with Gasteiger partial charge in [0.15, 0.2) is 0 Å². The van der Waals surface area contributed by atoms with Crippen molar-refractivity contribution < 1.29 is 4.39 Å². The Bertz CT molecular complexity index is 307. The van der Waals surface area contributed by atoms with E-state index >= 15 is 0 Å². The summed E-state index contributed by atoms with van der Waals surface area (Å²) in [6, 6.07) is 7.30. The first-order valence-electron chi connectivity index (χ1n) is 7.26. The maximum atomic E-state index is 12.9. The van der Waals surface area contributed by atoms with Crippen LogP contribution in [0, 0.1) is 5.82 Å². The van der Waals surface area contributed by atoms with Crippen molar-refractivity contribution in [2.75, 3.05) is 6.54 Å². The second kappa shape index (κ2) is 9.09. The van der Waals surface area contributed by atoms with Gasteiger partial charge in [-0.05, 0) is 37.1 Å². The molecule has 0 bridgehead atoms. The van der Waals surface area contributed by atoms with Crippen LogP contribution >= 0.6 is 0 Å². The summed E-state index contributed by atoms with van der Waals surface area (Å²) < 4.78 is 12.9. The van der Waals surface area contributed by atoms with Crippen LogP contribution in [-0.4, -0.2) is 6.54 Å². The predicted molar refractivity (Wildman–Crippen MR) is 76.2 cm³/mol. The van der Waals surface area contributed by atoms with Gasteiger partial charge in [-0.25, -0.2) is 4.39 Å². The smallest absolute Gasteiger partial charge is 0.123 e. The van der Waals surface area contributed by atoms with Crippen molar-refractivity contribution in [3.63, 3.8) is 0 Å². The van der Waals surface area contributed by atoms with Crippen LogP contribution in [0.15, 0.2) is 24.3 Å². The van der Waals surface area contributed by atoms with E-state index in [0.29, 0.717) is 6.04 Å². The predicted octanol–water partition coefficient (Wildman–Crippen LogP) is 4.84. The third-order valence-electron chi connectivity index (χ3n) is 3.26. The molecule has 0 radical (unpaired) electrons. The van der Waals surface area contributed by atoms with Crippen molar-refractivity contribution >= 4 is 0 Å². The summed E-state index contributed by atoms with van der Waals surface area (Å²) in [6.07, 6.45) is 7.39. The Labute approximate surface area is 111 Å². The van der Waals surface area contributed by atoms with Crippen molar-refractivity contribution in [1.29, 1.82) is 0 Å². The fourth-order valence-corrected chi connectivity index (χ4v) is 2.18. The first kappa shape index (κ1) is 15.2. The van der Waals surface area contributed by atoms with Crippen molar-refractivity contribution in [3.8, 4) is 0 Å². The quantitative estimate of drug-likeness (QED) is 0.619. The Morgan fingerprint density at radius 3 is 2.33 bits per heavy atom. The summed E-state index contributed by atoms with van der Waals surface area (Å²) >= 11 is 0. The number of halogens is 1. The number of hydrogen-bond acceptors (Lipinski definition) is 1. The number of nitrogens with one attached hydrogen (secondary N) is 1. The molecular weight excluding hydrogens is 225 g/mol. The second-order valence-electron chi connectivity index (χ2n) is 4.91. The summed E-state index contributed by atoms with van der Waals surface area (Å²) in [6.45, 7) is 5.43. The lowest BCUT2D eigenvalue weighted by molar-refractivity contribution is 0.470. The van der Waals surface area contributed by atoms with E-state index in [2.05, 4.69) is 19.2 Å². The lowest BCUT2D eigenvalue weighted by Crippen LogP contribution is -2.22. The molecule has 0 saturated carbocycles. The number of benzene rings is 1. The van der Waals surface area contributed by atoms with Crippen LogP contribution in [0.3, 0.4) is 0 Å². The maximum Gasteiger partial charge on any atom is 0.123 e. The van der Waals surface area contributed by atoms with E-state index in [9.17, 15) is 4.39 Å². The molecule has 0 aliphatic heterocycles. The van der Waals surface area contributed by atoms with E-state index in [4.69, 9.17) is 0 Å². The van der Waals surface area contributed by atoms with Gasteiger partial charge in [-0.1, -0.05) is 51.7 Å². The van der Waals surface area contributed by atoms with E-state index in [1.807, 2.05) is 12.1 Å². The fraction of sp³-hybridized carbons (Fsp3) is 0.625. The third-order valence-corrected chi connectivity index (χ3v) is 3.26. The highest BCUT2D eigenvalue weighted by Crippen LogP contribution is 2.20. The van der Waals surface area contributed by atoms with Crippen molar-refractivity contribution in [1.82, 2.24) is 5.32 Å². The highest BCUT2D eigenvalue weighted by molar-refractivity contribution is 5.19. The van der Waals surface area contributed by atoms with Crippen molar-refractivity contribution in [2.24, 2.45) is 0 Å². The zero-order valence-corrected chi connectivity index (χ0v) is 11.7. The van der Waals surface area contributed by atoms with Crippen LogP contribution in [0.25, 0.3) is 0 Å². The van der Waals surface area contributed by atoms with Crippen LogP contribution in [0.1, 0.15) is 64.0 Å². The van der Waals surface area contributed by atoms with E-state index in [1.54, 1.807) is 12.1 Å². The molecule has 1 rings (SSSR count). The highest BCUT2D eigenvalue weighted by atomic mass is 19.1. The number of rotatable bonds is 9. The van der Waals surface area contributed by atoms with E-state index < -0.39 is 0 Å². The Morgan fingerprint density at radius 1 is 1.00 bits per heavy atom. The Hall–Kier alpha value is -0.890. The van der Waals surface area contributed by atoms with Gasteiger partial charge in [0.2, 0.25) is 0 Å². The molecule has 1 aromatic rings. The largest absolute Gasteiger partial charge is 0.310 e. The SMILES string of the molecule is CCCCCCC(NCCC)c1ccc(F)cc1. The zero-order chi connectivity index (χ0) is 13.2. The average Bonchev–Trinajstić information content (AvgIpc) is 2.39. The standard InChI is InChI=1S/C16H26FN/c1-3-5-6-7-8-16(18-13-4-2)14-9-11-15(17)12-10-14/h9-12,16,18H,3-8,13H2,1-2H3. The number of unbranched alkanes of at least 4 members (excludes halogenated alkanes) is 3. The second-order valence-corrected chi connectivity index (χ2v) is 4.91. The molecule has 1 aromatic carbocycles. The van der Waals surface area contributed by atoms with Crippen LogP contribution in [0.2, 0.25) is 0 Å². The highest BCUT2D eigenvalue weighted by Gasteiger charge is 2.10. The Balaban J connectivity index is 2.51. The third kappa shape index (κ3) is 5.63. The maximum absolute atomic E-state index is 12.9. The molecule has 1 unspecified atom stereocenters. The summed E-state index contributed by atoms with van der Waals surface area (Å²) in [5.41, 5.74) is 1.21. The van der Waals surface area contributed by atoms with E-state index in [0.717, 1.165) is 19.4 Å². The van der Waals surface area contributed by atoms with Gasteiger partial charge >= 0.3 is 0 Å². The molecule has 0 saturated heterocycles. The average molecular weight is 251 g/mol. The van der Waals surface area contributed by atoms with Gasteiger partial charge in [-0.3, -0.25) is 0 Å². The first-order chi connectivity index (χ1) is 8.77. The van der Waals surface area contributed by atoms with E-state index in [1.165, 1.54) is 31.2 Å². The van der Waals surface area contributed by atoms with Crippen LogP contribution in [0.5, 0.6) is 0 Å². The van der Waals surface area contributed by atoms with Crippen LogP contribution in [-0.2, 0) is 0 Å². The normalized spacial score (nSPS) is 12.6.